The second kappa shape index (κ2) is 7.65. The van der Waals surface area contributed by atoms with Crippen LogP contribution in [0.3, 0.4) is 0 Å². The van der Waals surface area contributed by atoms with Gasteiger partial charge in [-0.05, 0) is 31.8 Å². The van der Waals surface area contributed by atoms with Gasteiger partial charge in [0.05, 0.1) is 22.7 Å². The number of sulfonamides is 1. The minimum absolute atomic E-state index is 0.0959. The van der Waals surface area contributed by atoms with Crippen LogP contribution >= 0.6 is 23.2 Å². The Morgan fingerprint density at radius 1 is 1.35 bits per heavy atom. The Hall–Kier alpha value is -0.410. The Kier molecular flexibility index (Phi) is 6.29. The van der Waals surface area contributed by atoms with Crippen molar-refractivity contribution in [2.24, 2.45) is 0 Å². The van der Waals surface area contributed by atoms with Crippen LogP contribution in [0.1, 0.15) is 11.6 Å². The molecule has 0 aliphatic carbocycles. The van der Waals surface area contributed by atoms with Gasteiger partial charge in [0.2, 0.25) is 10.0 Å². The van der Waals surface area contributed by atoms with Gasteiger partial charge in [-0.15, -0.1) is 0 Å². The number of hydrogen-bond donors (Lipinski definition) is 1. The zero-order valence-electron chi connectivity index (χ0n) is 13.3. The predicted molar refractivity (Wildman–Crippen MR) is 92.2 cm³/mol. The molecule has 23 heavy (non-hydrogen) atoms. The Labute approximate surface area is 147 Å². The molecular formula is C14H21Cl2N3O3S. The lowest BCUT2D eigenvalue weighted by Gasteiger charge is -2.23. The fraction of sp³-hybridized carbons (Fsp3) is 0.571. The molecule has 0 saturated carbocycles. The normalized spacial score (nSPS) is 22.9. The summed E-state index contributed by atoms with van der Waals surface area (Å²) in [6, 6.07) is 4.67. The van der Waals surface area contributed by atoms with E-state index in [0.29, 0.717) is 23.1 Å². The van der Waals surface area contributed by atoms with Gasteiger partial charge in [0, 0.05) is 20.1 Å². The van der Waals surface area contributed by atoms with E-state index < -0.39 is 21.3 Å². The molecule has 1 heterocycles. The second-order valence-corrected chi connectivity index (χ2v) is 8.54. The molecule has 1 aliphatic heterocycles. The largest absolute Gasteiger partial charge is 0.308 e. The minimum Gasteiger partial charge on any atom is -0.308 e. The summed E-state index contributed by atoms with van der Waals surface area (Å²) < 4.78 is 27.8. The van der Waals surface area contributed by atoms with E-state index in [0.717, 1.165) is 5.56 Å². The maximum absolute atomic E-state index is 12.6. The number of hydroxylamine groups is 2. The van der Waals surface area contributed by atoms with Crippen LogP contribution in [-0.2, 0) is 14.9 Å². The second-order valence-electron chi connectivity index (χ2n) is 5.74. The number of benzene rings is 1. The number of nitrogens with one attached hydrogen (secondary N) is 1. The van der Waals surface area contributed by atoms with Gasteiger partial charge in [0.15, 0.2) is 0 Å². The van der Waals surface area contributed by atoms with Crippen LogP contribution in [0.4, 0.5) is 0 Å². The van der Waals surface area contributed by atoms with Crippen LogP contribution < -0.4 is 4.72 Å². The number of rotatable bonds is 6. The quantitative estimate of drug-likeness (QED) is 0.813. The standard InChI is InChI=1S/C14H21Cl2N3O3S/c1-18(2)7-6-17-23(20,21)13-9-22-19(3)14(13)10-4-5-11(15)12(16)8-10/h4-5,8,13-14,17H,6-7,9H2,1-3H3. The lowest BCUT2D eigenvalue weighted by Crippen LogP contribution is -2.41. The fourth-order valence-electron chi connectivity index (χ4n) is 2.50. The molecule has 0 aromatic heterocycles. The Morgan fingerprint density at radius 3 is 2.65 bits per heavy atom. The first kappa shape index (κ1) is 18.9. The summed E-state index contributed by atoms with van der Waals surface area (Å²) >= 11 is 12.0. The van der Waals surface area contributed by atoms with Crippen molar-refractivity contribution < 1.29 is 13.3 Å². The van der Waals surface area contributed by atoms with E-state index >= 15 is 0 Å². The monoisotopic (exact) mass is 381 g/mol. The molecule has 6 nitrogen and oxygen atoms in total. The first-order chi connectivity index (χ1) is 10.7. The molecule has 9 heteroatoms. The van der Waals surface area contributed by atoms with E-state index in [-0.39, 0.29) is 6.61 Å². The topological polar surface area (TPSA) is 61.9 Å². The molecule has 2 rings (SSSR count). The van der Waals surface area contributed by atoms with Gasteiger partial charge in [0.25, 0.3) is 0 Å². The number of nitrogens with zero attached hydrogens (tertiary/aromatic N) is 2. The third-order valence-electron chi connectivity index (χ3n) is 3.73. The Morgan fingerprint density at radius 2 is 2.04 bits per heavy atom. The molecule has 1 aromatic rings. The molecule has 0 bridgehead atoms. The molecule has 1 N–H and O–H groups in total. The maximum Gasteiger partial charge on any atom is 0.218 e. The van der Waals surface area contributed by atoms with E-state index in [9.17, 15) is 8.42 Å². The summed E-state index contributed by atoms with van der Waals surface area (Å²) in [6.07, 6.45) is 0. The summed E-state index contributed by atoms with van der Waals surface area (Å²) in [5.74, 6) is 0. The molecule has 130 valence electrons. The van der Waals surface area contributed by atoms with Crippen LogP contribution in [-0.4, -0.2) is 64.5 Å². The third-order valence-corrected chi connectivity index (χ3v) is 6.27. The minimum atomic E-state index is -3.53. The summed E-state index contributed by atoms with van der Waals surface area (Å²) in [6.45, 7) is 1.07. The first-order valence-corrected chi connectivity index (χ1v) is 9.46. The maximum atomic E-state index is 12.6. The van der Waals surface area contributed by atoms with Crippen molar-refractivity contribution in [2.75, 3.05) is 40.8 Å². The molecule has 1 fully saturated rings. The molecule has 0 radical (unpaired) electrons. The van der Waals surface area contributed by atoms with E-state index in [1.54, 1.807) is 30.3 Å². The highest BCUT2D eigenvalue weighted by molar-refractivity contribution is 7.90. The average Bonchev–Trinajstić information content (AvgIpc) is 2.84. The van der Waals surface area contributed by atoms with Gasteiger partial charge >= 0.3 is 0 Å². The van der Waals surface area contributed by atoms with Gasteiger partial charge in [-0.2, -0.15) is 5.06 Å². The van der Waals surface area contributed by atoms with Gasteiger partial charge in [-0.3, -0.25) is 4.84 Å². The lowest BCUT2D eigenvalue weighted by molar-refractivity contribution is -0.110. The number of hydrogen-bond acceptors (Lipinski definition) is 5. The predicted octanol–water partition coefficient (Wildman–Crippen LogP) is 1.76. The van der Waals surface area contributed by atoms with E-state index in [1.165, 1.54) is 0 Å². The average molecular weight is 382 g/mol. The molecule has 0 spiro atoms. The molecule has 1 saturated heterocycles. The first-order valence-electron chi connectivity index (χ1n) is 7.16. The van der Waals surface area contributed by atoms with E-state index in [2.05, 4.69) is 4.72 Å². The van der Waals surface area contributed by atoms with Crippen molar-refractivity contribution in [1.82, 2.24) is 14.7 Å². The molecule has 1 aliphatic rings. The van der Waals surface area contributed by atoms with Crippen LogP contribution in [0, 0.1) is 0 Å². The van der Waals surface area contributed by atoms with Crippen molar-refractivity contribution in [3.8, 4) is 0 Å². The van der Waals surface area contributed by atoms with Crippen molar-refractivity contribution in [3.63, 3.8) is 0 Å². The lowest BCUT2D eigenvalue weighted by atomic mass is 10.0. The summed E-state index contributed by atoms with van der Waals surface area (Å²) in [4.78, 5) is 7.36. The molecule has 1 aromatic carbocycles. The van der Waals surface area contributed by atoms with Crippen molar-refractivity contribution in [3.05, 3.63) is 33.8 Å². The third kappa shape index (κ3) is 4.57. The summed E-state index contributed by atoms with van der Waals surface area (Å²) in [7, 11) is 1.96. The van der Waals surface area contributed by atoms with Crippen LogP contribution in [0.2, 0.25) is 10.0 Å². The Balaban J connectivity index is 2.21. The molecular weight excluding hydrogens is 361 g/mol. The van der Waals surface area contributed by atoms with Crippen molar-refractivity contribution in [1.29, 1.82) is 0 Å². The smallest absolute Gasteiger partial charge is 0.218 e. The van der Waals surface area contributed by atoms with Gasteiger partial charge < -0.3 is 4.90 Å². The summed E-state index contributed by atoms with van der Waals surface area (Å²) in [5.41, 5.74) is 0.752. The SMILES string of the molecule is CN(C)CCNS(=O)(=O)C1CON(C)C1c1ccc(Cl)c(Cl)c1. The van der Waals surface area contributed by atoms with E-state index in [1.807, 2.05) is 19.0 Å². The van der Waals surface area contributed by atoms with E-state index in [4.69, 9.17) is 28.0 Å². The highest BCUT2D eigenvalue weighted by atomic mass is 35.5. The molecule has 2 unspecified atom stereocenters. The van der Waals surface area contributed by atoms with Gasteiger partial charge in [-0.1, -0.05) is 29.3 Å². The highest BCUT2D eigenvalue weighted by Crippen LogP contribution is 2.35. The van der Waals surface area contributed by atoms with Crippen LogP contribution in [0.5, 0.6) is 0 Å². The van der Waals surface area contributed by atoms with Crippen molar-refractivity contribution in [2.45, 2.75) is 11.3 Å². The number of halogens is 2. The Bertz CT molecular complexity index is 655. The number of likely N-dealkylation sites (N-methyl/N-ethyl adjacent to an activating group) is 1. The fourth-order valence-corrected chi connectivity index (χ4v) is 4.30. The van der Waals surface area contributed by atoms with Gasteiger partial charge in [-0.25, -0.2) is 13.1 Å². The molecule has 2 atom stereocenters. The zero-order valence-corrected chi connectivity index (χ0v) is 15.6. The van der Waals surface area contributed by atoms with Crippen LogP contribution in [0.15, 0.2) is 18.2 Å². The zero-order chi connectivity index (χ0) is 17.2. The summed E-state index contributed by atoms with van der Waals surface area (Å²) in [5, 5.41) is 1.66. The van der Waals surface area contributed by atoms with Gasteiger partial charge in [0.1, 0.15) is 5.25 Å². The van der Waals surface area contributed by atoms with Crippen molar-refractivity contribution >= 4 is 33.2 Å². The van der Waals surface area contributed by atoms with Crippen LogP contribution in [0.25, 0.3) is 0 Å². The highest BCUT2D eigenvalue weighted by Gasteiger charge is 2.43. The molecule has 0 amide bonds.